The van der Waals surface area contributed by atoms with Gasteiger partial charge >= 0.3 is 0 Å². The molecule has 3 rings (SSSR count). The second kappa shape index (κ2) is 5.77. The summed E-state index contributed by atoms with van der Waals surface area (Å²) in [5.74, 6) is 1.25. The van der Waals surface area contributed by atoms with E-state index in [1.54, 1.807) is 23.3 Å². The Kier molecular flexibility index (Phi) is 3.84. The minimum absolute atomic E-state index is 0.0665. The van der Waals surface area contributed by atoms with E-state index >= 15 is 0 Å². The van der Waals surface area contributed by atoms with Crippen LogP contribution in [-0.2, 0) is 11.3 Å². The average molecular weight is 303 g/mol. The van der Waals surface area contributed by atoms with E-state index in [0.29, 0.717) is 18.0 Å². The zero-order valence-electron chi connectivity index (χ0n) is 12.0. The molecule has 4 nitrogen and oxygen atoms in total. The van der Waals surface area contributed by atoms with Crippen molar-refractivity contribution >= 4 is 17.2 Å². The first-order chi connectivity index (χ1) is 10.1. The first-order valence-electron chi connectivity index (χ1n) is 6.83. The summed E-state index contributed by atoms with van der Waals surface area (Å²) in [4.78, 5) is 14.2. The van der Waals surface area contributed by atoms with Gasteiger partial charge in [0.2, 0.25) is 6.10 Å². The maximum Gasteiger partial charge on any atom is 0.267 e. The van der Waals surface area contributed by atoms with Gasteiger partial charge in [0.15, 0.2) is 11.5 Å². The number of amides is 1. The molecule has 1 aliphatic rings. The van der Waals surface area contributed by atoms with Crippen LogP contribution >= 0.6 is 11.3 Å². The number of fused-ring (bicyclic) bond motifs is 1. The molecule has 0 unspecified atom stereocenters. The zero-order chi connectivity index (χ0) is 14.8. The molecule has 0 fully saturated rings. The molecule has 0 bridgehead atoms. The van der Waals surface area contributed by atoms with Crippen LogP contribution in [-0.4, -0.2) is 30.1 Å². The minimum Gasteiger partial charge on any atom is -0.482 e. The number of rotatable bonds is 3. The van der Waals surface area contributed by atoms with Gasteiger partial charge in [-0.05, 0) is 41.4 Å². The van der Waals surface area contributed by atoms with Crippen molar-refractivity contribution in [3.63, 3.8) is 0 Å². The van der Waals surface area contributed by atoms with Gasteiger partial charge in [0.25, 0.3) is 5.91 Å². The fourth-order valence-electron chi connectivity index (χ4n) is 2.34. The minimum atomic E-state index is -0.608. The summed E-state index contributed by atoms with van der Waals surface area (Å²) in [6.07, 6.45) is -0.916. The molecule has 1 aromatic carbocycles. The number of hydrogen-bond acceptors (Lipinski definition) is 4. The molecule has 2 aromatic rings. The summed E-state index contributed by atoms with van der Waals surface area (Å²) in [6, 6.07) is 9.45. The summed E-state index contributed by atoms with van der Waals surface area (Å²) in [7, 11) is 1.79. The molecule has 2 heterocycles. The molecular formula is C16H17NO3S. The fraction of sp³-hybridized carbons (Fsp3) is 0.312. The number of ether oxygens (including phenoxy) is 2. The van der Waals surface area contributed by atoms with Crippen molar-refractivity contribution in [2.75, 3.05) is 7.05 Å². The Morgan fingerprint density at radius 2 is 1.95 bits per heavy atom. The molecular weight excluding hydrogens is 286 g/mol. The van der Waals surface area contributed by atoms with Gasteiger partial charge in [-0.25, -0.2) is 0 Å². The molecule has 2 atom stereocenters. The van der Waals surface area contributed by atoms with Gasteiger partial charge in [-0.1, -0.05) is 12.1 Å². The van der Waals surface area contributed by atoms with Gasteiger partial charge in [0, 0.05) is 13.6 Å². The van der Waals surface area contributed by atoms with Crippen molar-refractivity contribution in [3.8, 4) is 11.5 Å². The van der Waals surface area contributed by atoms with E-state index < -0.39 is 6.10 Å². The van der Waals surface area contributed by atoms with E-state index in [4.69, 9.17) is 9.47 Å². The van der Waals surface area contributed by atoms with Crippen LogP contribution in [0.5, 0.6) is 11.5 Å². The van der Waals surface area contributed by atoms with Gasteiger partial charge in [-0.3, -0.25) is 4.79 Å². The molecule has 0 saturated heterocycles. The van der Waals surface area contributed by atoms with Crippen LogP contribution in [0.2, 0.25) is 0 Å². The van der Waals surface area contributed by atoms with Crippen LogP contribution < -0.4 is 9.47 Å². The number of likely N-dealkylation sites (N-methyl/N-ethyl adjacent to an activating group) is 1. The summed E-state index contributed by atoms with van der Waals surface area (Å²) >= 11 is 1.63. The highest BCUT2D eigenvalue weighted by Gasteiger charge is 2.35. The van der Waals surface area contributed by atoms with Crippen molar-refractivity contribution in [3.05, 3.63) is 46.7 Å². The molecule has 0 radical (unpaired) electrons. The van der Waals surface area contributed by atoms with Gasteiger partial charge in [-0.2, -0.15) is 11.3 Å². The van der Waals surface area contributed by atoms with Gasteiger partial charge in [0.05, 0.1) is 0 Å². The van der Waals surface area contributed by atoms with Crippen molar-refractivity contribution in [2.45, 2.75) is 25.7 Å². The van der Waals surface area contributed by atoms with Gasteiger partial charge in [-0.15, -0.1) is 0 Å². The normalized spacial score (nSPS) is 20.1. The standard InChI is InChI=1S/C16H17NO3S/c1-11-15(20-14-6-4-3-5-13(14)19-11)16(18)17(2)9-12-7-8-21-10-12/h3-8,10-11,15H,9H2,1-2H3/t11-,15-/m0/s1. The number of hydrogen-bond donors (Lipinski definition) is 0. The highest BCUT2D eigenvalue weighted by Crippen LogP contribution is 2.33. The van der Waals surface area contributed by atoms with E-state index in [-0.39, 0.29) is 12.0 Å². The van der Waals surface area contributed by atoms with Crippen LogP contribution in [0.15, 0.2) is 41.1 Å². The summed E-state index contributed by atoms with van der Waals surface area (Å²) in [5, 5.41) is 4.05. The maximum atomic E-state index is 12.6. The Hall–Kier alpha value is -2.01. The van der Waals surface area contributed by atoms with E-state index in [1.807, 2.05) is 48.0 Å². The highest BCUT2D eigenvalue weighted by atomic mass is 32.1. The largest absolute Gasteiger partial charge is 0.482 e. The van der Waals surface area contributed by atoms with Gasteiger partial charge in [0.1, 0.15) is 6.10 Å². The monoisotopic (exact) mass is 303 g/mol. The molecule has 110 valence electrons. The second-order valence-electron chi connectivity index (χ2n) is 5.13. The average Bonchev–Trinajstić information content (AvgIpc) is 2.98. The first kappa shape index (κ1) is 13.9. The van der Waals surface area contributed by atoms with E-state index in [0.717, 1.165) is 5.56 Å². The Balaban J connectivity index is 1.73. The SMILES string of the molecule is C[C@@H]1Oc2ccccc2O[C@@H]1C(=O)N(C)Cc1ccsc1. The maximum absolute atomic E-state index is 12.6. The molecule has 0 saturated carbocycles. The smallest absolute Gasteiger partial charge is 0.267 e. The first-order valence-corrected chi connectivity index (χ1v) is 7.78. The van der Waals surface area contributed by atoms with Crippen molar-refractivity contribution in [1.29, 1.82) is 0 Å². The molecule has 0 spiro atoms. The summed E-state index contributed by atoms with van der Waals surface area (Å²) < 4.78 is 11.6. The quantitative estimate of drug-likeness (QED) is 0.875. The lowest BCUT2D eigenvalue weighted by Gasteiger charge is -2.33. The third kappa shape index (κ3) is 2.88. The van der Waals surface area contributed by atoms with E-state index in [1.165, 1.54) is 0 Å². The van der Waals surface area contributed by atoms with Crippen LogP contribution in [0, 0.1) is 0 Å². The third-order valence-electron chi connectivity index (χ3n) is 3.46. The van der Waals surface area contributed by atoms with Crippen LogP contribution in [0.3, 0.4) is 0 Å². The molecule has 21 heavy (non-hydrogen) atoms. The van der Waals surface area contributed by atoms with Gasteiger partial charge < -0.3 is 14.4 Å². The third-order valence-corrected chi connectivity index (χ3v) is 4.19. The number of carbonyl (C=O) groups excluding carboxylic acids is 1. The molecule has 1 aliphatic heterocycles. The fourth-order valence-corrected chi connectivity index (χ4v) is 3.00. The van der Waals surface area contributed by atoms with Crippen molar-refractivity contribution in [2.24, 2.45) is 0 Å². The number of para-hydroxylation sites is 2. The lowest BCUT2D eigenvalue weighted by molar-refractivity contribution is -0.143. The summed E-state index contributed by atoms with van der Waals surface area (Å²) in [5.41, 5.74) is 1.13. The van der Waals surface area contributed by atoms with E-state index in [2.05, 4.69) is 0 Å². The summed E-state index contributed by atoms with van der Waals surface area (Å²) in [6.45, 7) is 2.44. The predicted octanol–water partition coefficient (Wildman–Crippen LogP) is 2.94. The molecule has 5 heteroatoms. The lowest BCUT2D eigenvalue weighted by Crippen LogP contribution is -2.49. The Bertz CT molecular complexity index is 626. The molecule has 1 amide bonds. The second-order valence-corrected chi connectivity index (χ2v) is 5.91. The van der Waals surface area contributed by atoms with E-state index in [9.17, 15) is 4.79 Å². The Morgan fingerprint density at radius 3 is 2.62 bits per heavy atom. The zero-order valence-corrected chi connectivity index (χ0v) is 12.8. The Labute approximate surface area is 127 Å². The van der Waals surface area contributed by atoms with Crippen LogP contribution in [0.1, 0.15) is 12.5 Å². The number of benzene rings is 1. The topological polar surface area (TPSA) is 38.8 Å². The Morgan fingerprint density at radius 1 is 1.24 bits per heavy atom. The highest BCUT2D eigenvalue weighted by molar-refractivity contribution is 7.07. The predicted molar refractivity (Wildman–Crippen MR) is 81.7 cm³/mol. The molecule has 0 aliphatic carbocycles. The lowest BCUT2D eigenvalue weighted by atomic mass is 10.1. The number of carbonyl (C=O) groups is 1. The molecule has 0 N–H and O–H groups in total. The number of nitrogens with zero attached hydrogens (tertiary/aromatic N) is 1. The van der Waals surface area contributed by atoms with Crippen LogP contribution in [0.4, 0.5) is 0 Å². The number of thiophene rings is 1. The van der Waals surface area contributed by atoms with Crippen molar-refractivity contribution < 1.29 is 14.3 Å². The van der Waals surface area contributed by atoms with Crippen molar-refractivity contribution in [1.82, 2.24) is 4.90 Å². The van der Waals surface area contributed by atoms with Crippen LogP contribution in [0.25, 0.3) is 0 Å². The molecule has 1 aromatic heterocycles.